The monoisotopic (exact) mass is 294 g/mol. The van der Waals surface area contributed by atoms with Crippen molar-refractivity contribution in [2.75, 3.05) is 41.0 Å². The van der Waals surface area contributed by atoms with Gasteiger partial charge < -0.3 is 19.9 Å². The highest BCUT2D eigenvalue weighted by Crippen LogP contribution is 2.39. The highest BCUT2D eigenvalue weighted by atomic mass is 16.5. The molecule has 0 bridgehead atoms. The average Bonchev–Trinajstić information content (AvgIpc) is 2.88. The van der Waals surface area contributed by atoms with Crippen LogP contribution in [-0.4, -0.2) is 45.9 Å². The first-order chi connectivity index (χ1) is 10.0. The van der Waals surface area contributed by atoms with Crippen molar-refractivity contribution in [2.24, 2.45) is 11.1 Å². The van der Waals surface area contributed by atoms with Crippen LogP contribution < -0.4 is 19.9 Å². The van der Waals surface area contributed by atoms with Gasteiger partial charge in [-0.25, -0.2) is 0 Å². The van der Waals surface area contributed by atoms with Crippen molar-refractivity contribution in [3.05, 3.63) is 17.7 Å². The SMILES string of the molecule is COc1cc(CN2CCC(C)(CN)C2)cc(OC)c1OC. The highest BCUT2D eigenvalue weighted by molar-refractivity contribution is 5.53. The molecule has 5 nitrogen and oxygen atoms in total. The Bertz CT molecular complexity index is 467. The molecule has 0 aliphatic carbocycles. The average molecular weight is 294 g/mol. The van der Waals surface area contributed by atoms with Gasteiger partial charge in [-0.05, 0) is 42.6 Å². The zero-order chi connectivity index (χ0) is 15.5. The van der Waals surface area contributed by atoms with E-state index in [1.165, 1.54) is 0 Å². The van der Waals surface area contributed by atoms with E-state index in [1.54, 1.807) is 21.3 Å². The van der Waals surface area contributed by atoms with Crippen LogP contribution in [0.2, 0.25) is 0 Å². The predicted molar refractivity (Wildman–Crippen MR) is 83.2 cm³/mol. The second-order valence-electron chi connectivity index (χ2n) is 6.01. The molecule has 1 aliphatic rings. The molecule has 0 amide bonds. The van der Waals surface area contributed by atoms with E-state index in [0.29, 0.717) is 17.2 Å². The molecule has 21 heavy (non-hydrogen) atoms. The maximum Gasteiger partial charge on any atom is 0.203 e. The first-order valence-corrected chi connectivity index (χ1v) is 7.26. The van der Waals surface area contributed by atoms with Gasteiger partial charge in [0.25, 0.3) is 0 Å². The van der Waals surface area contributed by atoms with Crippen LogP contribution in [0.3, 0.4) is 0 Å². The van der Waals surface area contributed by atoms with Gasteiger partial charge in [-0.2, -0.15) is 0 Å². The van der Waals surface area contributed by atoms with E-state index in [4.69, 9.17) is 19.9 Å². The Morgan fingerprint density at radius 2 is 1.76 bits per heavy atom. The lowest BCUT2D eigenvalue weighted by Crippen LogP contribution is -2.31. The summed E-state index contributed by atoms with van der Waals surface area (Å²) in [4.78, 5) is 2.42. The molecule has 1 aliphatic heterocycles. The normalized spacial score (nSPS) is 22.3. The number of rotatable bonds is 6. The van der Waals surface area contributed by atoms with Crippen LogP contribution in [0, 0.1) is 5.41 Å². The molecule has 118 valence electrons. The molecule has 0 radical (unpaired) electrons. The minimum Gasteiger partial charge on any atom is -0.493 e. The molecule has 1 atom stereocenters. The number of ether oxygens (including phenoxy) is 3. The third-order valence-corrected chi connectivity index (χ3v) is 4.26. The first-order valence-electron chi connectivity index (χ1n) is 7.26. The van der Waals surface area contributed by atoms with E-state index in [1.807, 2.05) is 12.1 Å². The molecule has 0 spiro atoms. The van der Waals surface area contributed by atoms with E-state index >= 15 is 0 Å². The van der Waals surface area contributed by atoms with Gasteiger partial charge in [0.15, 0.2) is 11.5 Å². The summed E-state index contributed by atoms with van der Waals surface area (Å²) in [5.41, 5.74) is 7.26. The fourth-order valence-electron chi connectivity index (χ4n) is 2.91. The van der Waals surface area contributed by atoms with Gasteiger partial charge in [0.1, 0.15) is 0 Å². The van der Waals surface area contributed by atoms with Crippen LogP contribution in [0.25, 0.3) is 0 Å². The Morgan fingerprint density at radius 1 is 1.14 bits per heavy atom. The number of likely N-dealkylation sites (tertiary alicyclic amines) is 1. The lowest BCUT2D eigenvalue weighted by atomic mass is 9.90. The summed E-state index contributed by atoms with van der Waals surface area (Å²) in [6.07, 6.45) is 1.15. The molecular formula is C16H26N2O3. The Kier molecular flexibility index (Phi) is 4.96. The van der Waals surface area contributed by atoms with Crippen molar-refractivity contribution in [3.63, 3.8) is 0 Å². The second-order valence-corrected chi connectivity index (χ2v) is 6.01. The largest absolute Gasteiger partial charge is 0.493 e. The van der Waals surface area contributed by atoms with Gasteiger partial charge in [0.2, 0.25) is 5.75 Å². The molecule has 5 heteroatoms. The van der Waals surface area contributed by atoms with Crippen LogP contribution in [0.4, 0.5) is 0 Å². The van der Waals surface area contributed by atoms with Crippen LogP contribution in [0.15, 0.2) is 12.1 Å². The molecule has 1 heterocycles. The number of hydrogen-bond donors (Lipinski definition) is 1. The predicted octanol–water partition coefficient (Wildman–Crippen LogP) is 1.88. The van der Waals surface area contributed by atoms with E-state index in [9.17, 15) is 0 Å². The summed E-state index contributed by atoms with van der Waals surface area (Å²) in [6, 6.07) is 4.03. The van der Waals surface area contributed by atoms with Crippen molar-refractivity contribution < 1.29 is 14.2 Å². The van der Waals surface area contributed by atoms with Crippen LogP contribution in [-0.2, 0) is 6.54 Å². The van der Waals surface area contributed by atoms with Crippen LogP contribution in [0.1, 0.15) is 18.9 Å². The second kappa shape index (κ2) is 6.54. The Labute approximate surface area is 127 Å². The van der Waals surface area contributed by atoms with Crippen LogP contribution >= 0.6 is 0 Å². The van der Waals surface area contributed by atoms with E-state index in [-0.39, 0.29) is 5.41 Å². The fraction of sp³-hybridized carbons (Fsp3) is 0.625. The summed E-state index contributed by atoms with van der Waals surface area (Å²) in [5.74, 6) is 2.04. The van der Waals surface area contributed by atoms with Crippen molar-refractivity contribution in [1.29, 1.82) is 0 Å². The van der Waals surface area contributed by atoms with E-state index < -0.39 is 0 Å². The summed E-state index contributed by atoms with van der Waals surface area (Å²) < 4.78 is 16.2. The Balaban J connectivity index is 2.17. The van der Waals surface area contributed by atoms with E-state index in [0.717, 1.165) is 38.2 Å². The molecule has 1 aromatic carbocycles. The molecular weight excluding hydrogens is 268 g/mol. The first kappa shape index (κ1) is 15.9. The quantitative estimate of drug-likeness (QED) is 0.868. The topological polar surface area (TPSA) is 57.0 Å². The van der Waals surface area contributed by atoms with Gasteiger partial charge in [-0.15, -0.1) is 0 Å². The Hall–Kier alpha value is -1.46. The van der Waals surface area contributed by atoms with Crippen molar-refractivity contribution in [3.8, 4) is 17.2 Å². The van der Waals surface area contributed by atoms with Crippen molar-refractivity contribution in [2.45, 2.75) is 19.9 Å². The van der Waals surface area contributed by atoms with Gasteiger partial charge in [0, 0.05) is 13.1 Å². The molecule has 0 aromatic heterocycles. The van der Waals surface area contributed by atoms with Crippen molar-refractivity contribution >= 4 is 0 Å². The molecule has 1 aromatic rings. The third-order valence-electron chi connectivity index (χ3n) is 4.26. The van der Waals surface area contributed by atoms with Gasteiger partial charge in [-0.1, -0.05) is 6.92 Å². The molecule has 1 unspecified atom stereocenters. The molecule has 2 rings (SSSR count). The Morgan fingerprint density at radius 3 is 2.19 bits per heavy atom. The van der Waals surface area contributed by atoms with E-state index in [2.05, 4.69) is 11.8 Å². The third kappa shape index (κ3) is 3.41. The summed E-state index contributed by atoms with van der Waals surface area (Å²) in [5, 5.41) is 0. The number of nitrogens with zero attached hydrogens (tertiary/aromatic N) is 1. The minimum absolute atomic E-state index is 0.237. The van der Waals surface area contributed by atoms with Gasteiger partial charge >= 0.3 is 0 Å². The number of benzene rings is 1. The standard InChI is InChI=1S/C16H26N2O3/c1-16(10-17)5-6-18(11-16)9-12-7-13(19-2)15(21-4)14(8-12)20-3/h7-8H,5-6,9-11,17H2,1-4H3. The van der Waals surface area contributed by atoms with Crippen LogP contribution in [0.5, 0.6) is 17.2 Å². The summed E-state index contributed by atoms with van der Waals surface area (Å²) in [7, 11) is 4.90. The minimum atomic E-state index is 0.237. The lowest BCUT2D eigenvalue weighted by molar-refractivity contribution is 0.272. The zero-order valence-corrected chi connectivity index (χ0v) is 13.4. The number of methoxy groups -OCH3 is 3. The molecule has 1 fully saturated rings. The molecule has 0 saturated carbocycles. The van der Waals surface area contributed by atoms with Gasteiger partial charge in [0.05, 0.1) is 21.3 Å². The number of nitrogens with two attached hydrogens (primary N) is 1. The summed E-state index contributed by atoms with van der Waals surface area (Å²) in [6.45, 7) is 5.96. The highest BCUT2D eigenvalue weighted by Gasteiger charge is 2.32. The summed E-state index contributed by atoms with van der Waals surface area (Å²) >= 11 is 0. The van der Waals surface area contributed by atoms with Gasteiger partial charge in [-0.3, -0.25) is 4.90 Å². The lowest BCUT2D eigenvalue weighted by Gasteiger charge is -2.23. The number of hydrogen-bond acceptors (Lipinski definition) is 5. The zero-order valence-electron chi connectivity index (χ0n) is 13.4. The molecule has 2 N–H and O–H groups in total. The maximum atomic E-state index is 5.87. The van der Waals surface area contributed by atoms with Crippen molar-refractivity contribution in [1.82, 2.24) is 4.90 Å². The fourth-order valence-corrected chi connectivity index (χ4v) is 2.91. The molecule has 1 saturated heterocycles. The maximum absolute atomic E-state index is 5.87. The smallest absolute Gasteiger partial charge is 0.203 e.